The van der Waals surface area contributed by atoms with Gasteiger partial charge in [0.25, 0.3) is 0 Å². The van der Waals surface area contributed by atoms with Crippen molar-refractivity contribution in [2.24, 2.45) is 0 Å². The second-order valence-electron chi connectivity index (χ2n) is 6.27. The standard InChI is InChI=1S/C20H18NO4.ClH/c1-22-17-4-3-12-7-16-14-9-19-18(24-11-25-19)8-13(14)5-6-21(16)10-15(12)20(17)23-2;/h3-4,7-10H,5-6,11H2,1-2H3;1H/q+1;/p-1. The van der Waals surface area contributed by atoms with Gasteiger partial charge in [-0.3, -0.25) is 0 Å². The number of nitrogens with zero attached hydrogens (tertiary/aromatic N) is 1. The molecular formula is C20H18ClNO4. The average molecular weight is 372 g/mol. The van der Waals surface area contributed by atoms with Gasteiger partial charge in [0.05, 0.1) is 25.2 Å². The molecule has 0 N–H and O–H groups in total. The van der Waals surface area contributed by atoms with Gasteiger partial charge >= 0.3 is 0 Å². The summed E-state index contributed by atoms with van der Waals surface area (Å²) in [7, 11) is 3.34. The Morgan fingerprint density at radius 2 is 1.81 bits per heavy atom. The smallest absolute Gasteiger partial charge is 0.231 e. The lowest BCUT2D eigenvalue weighted by molar-refractivity contribution is -0.686. The summed E-state index contributed by atoms with van der Waals surface area (Å²) in [5, 5.41) is 2.17. The van der Waals surface area contributed by atoms with E-state index in [2.05, 4.69) is 35.0 Å². The van der Waals surface area contributed by atoms with Gasteiger partial charge in [-0.05, 0) is 35.2 Å². The number of halogens is 1. The number of fused-ring (bicyclic) bond motifs is 5. The van der Waals surface area contributed by atoms with Crippen LogP contribution in [0.4, 0.5) is 0 Å². The van der Waals surface area contributed by atoms with Gasteiger partial charge < -0.3 is 31.4 Å². The molecule has 6 heteroatoms. The molecule has 0 saturated heterocycles. The molecule has 0 fully saturated rings. The van der Waals surface area contributed by atoms with Gasteiger partial charge in [-0.1, -0.05) is 0 Å². The molecule has 5 rings (SSSR count). The third-order valence-electron chi connectivity index (χ3n) is 5.00. The van der Waals surface area contributed by atoms with Crippen molar-refractivity contribution in [1.82, 2.24) is 0 Å². The molecule has 2 aliphatic heterocycles. The first-order valence-corrected chi connectivity index (χ1v) is 8.29. The Balaban J connectivity index is 0.00000168. The molecule has 0 saturated carbocycles. The number of pyridine rings is 1. The zero-order valence-corrected chi connectivity index (χ0v) is 15.3. The largest absolute Gasteiger partial charge is 1.00 e. The van der Waals surface area contributed by atoms with E-state index in [0.29, 0.717) is 6.79 Å². The van der Waals surface area contributed by atoms with E-state index in [0.717, 1.165) is 46.7 Å². The van der Waals surface area contributed by atoms with Crippen molar-refractivity contribution >= 4 is 10.8 Å². The number of aryl methyl sites for hydroxylation is 2. The molecule has 0 atom stereocenters. The summed E-state index contributed by atoms with van der Waals surface area (Å²) in [4.78, 5) is 0. The van der Waals surface area contributed by atoms with Crippen LogP contribution < -0.4 is 35.9 Å². The summed E-state index contributed by atoms with van der Waals surface area (Å²) < 4.78 is 24.4. The summed E-state index contributed by atoms with van der Waals surface area (Å²) in [5.74, 6) is 3.18. The highest BCUT2D eigenvalue weighted by Crippen LogP contribution is 2.41. The van der Waals surface area contributed by atoms with Crippen molar-refractivity contribution in [3.8, 4) is 34.3 Å². The third-order valence-corrected chi connectivity index (χ3v) is 5.00. The van der Waals surface area contributed by atoms with Gasteiger partial charge in [-0.15, -0.1) is 0 Å². The molecule has 0 amide bonds. The Morgan fingerprint density at radius 1 is 1.00 bits per heavy atom. The number of hydrogen-bond acceptors (Lipinski definition) is 4. The van der Waals surface area contributed by atoms with Gasteiger partial charge in [0, 0.05) is 12.5 Å². The van der Waals surface area contributed by atoms with Gasteiger partial charge in [-0.25, -0.2) is 0 Å². The maximum absolute atomic E-state index is 5.60. The zero-order chi connectivity index (χ0) is 17.0. The molecule has 2 aliphatic rings. The van der Waals surface area contributed by atoms with Crippen molar-refractivity contribution in [2.75, 3.05) is 21.0 Å². The van der Waals surface area contributed by atoms with E-state index in [-0.39, 0.29) is 12.4 Å². The van der Waals surface area contributed by atoms with Crippen molar-refractivity contribution < 1.29 is 35.9 Å². The summed E-state index contributed by atoms with van der Waals surface area (Å²) >= 11 is 0. The van der Waals surface area contributed by atoms with E-state index >= 15 is 0 Å². The van der Waals surface area contributed by atoms with Crippen LogP contribution in [0.5, 0.6) is 23.0 Å². The number of rotatable bonds is 2. The van der Waals surface area contributed by atoms with Crippen LogP contribution in [0.25, 0.3) is 22.0 Å². The molecule has 0 spiro atoms. The van der Waals surface area contributed by atoms with Crippen molar-refractivity contribution in [2.45, 2.75) is 13.0 Å². The minimum Gasteiger partial charge on any atom is -1.00 e. The van der Waals surface area contributed by atoms with Gasteiger partial charge in [0.15, 0.2) is 35.7 Å². The first kappa shape index (κ1) is 16.8. The Labute approximate surface area is 157 Å². The summed E-state index contributed by atoms with van der Waals surface area (Å²) in [6.07, 6.45) is 3.11. The lowest BCUT2D eigenvalue weighted by Crippen LogP contribution is -3.00. The monoisotopic (exact) mass is 371 g/mol. The number of aromatic nitrogens is 1. The molecule has 0 aliphatic carbocycles. The van der Waals surface area contributed by atoms with Crippen LogP contribution in [0.3, 0.4) is 0 Å². The molecule has 3 aromatic rings. The topological polar surface area (TPSA) is 40.8 Å². The lowest BCUT2D eigenvalue weighted by Gasteiger charge is -2.17. The SMILES string of the molecule is COc1ccc2cc3[n+](cc2c1OC)CCc1cc2c(cc1-3)OCO2.[Cl-]. The van der Waals surface area contributed by atoms with Crippen molar-refractivity contribution in [3.05, 3.63) is 42.1 Å². The van der Waals surface area contributed by atoms with Crippen LogP contribution in [0.15, 0.2) is 36.5 Å². The molecule has 0 radical (unpaired) electrons. The summed E-state index contributed by atoms with van der Waals surface area (Å²) in [5.41, 5.74) is 3.68. The second-order valence-corrected chi connectivity index (χ2v) is 6.27. The van der Waals surface area contributed by atoms with Crippen LogP contribution in [0.1, 0.15) is 5.56 Å². The van der Waals surface area contributed by atoms with Crippen LogP contribution >= 0.6 is 0 Å². The molecular weight excluding hydrogens is 354 g/mol. The average Bonchev–Trinajstić information content (AvgIpc) is 3.11. The van der Waals surface area contributed by atoms with Crippen LogP contribution in [0.2, 0.25) is 0 Å². The number of hydrogen-bond donors (Lipinski definition) is 0. The molecule has 134 valence electrons. The second kappa shape index (κ2) is 6.25. The Bertz CT molecular complexity index is 1020. The van der Waals surface area contributed by atoms with Gasteiger partial charge in [-0.2, -0.15) is 4.57 Å². The van der Waals surface area contributed by atoms with E-state index in [4.69, 9.17) is 18.9 Å². The first-order valence-electron chi connectivity index (χ1n) is 8.29. The normalized spacial score (nSPS) is 13.6. The van der Waals surface area contributed by atoms with Crippen LogP contribution in [-0.4, -0.2) is 21.0 Å². The quantitative estimate of drug-likeness (QED) is 0.599. The van der Waals surface area contributed by atoms with Crippen LogP contribution in [0, 0.1) is 0 Å². The lowest BCUT2D eigenvalue weighted by atomic mass is 9.95. The van der Waals surface area contributed by atoms with E-state index in [1.807, 2.05) is 6.07 Å². The van der Waals surface area contributed by atoms with E-state index in [1.165, 1.54) is 16.8 Å². The summed E-state index contributed by atoms with van der Waals surface area (Å²) in [6.45, 7) is 1.21. The van der Waals surface area contributed by atoms with E-state index in [9.17, 15) is 0 Å². The molecule has 26 heavy (non-hydrogen) atoms. The highest BCUT2D eigenvalue weighted by molar-refractivity contribution is 5.91. The maximum atomic E-state index is 5.60. The van der Waals surface area contributed by atoms with Crippen molar-refractivity contribution in [3.63, 3.8) is 0 Å². The predicted octanol–water partition coefficient (Wildman–Crippen LogP) is 0.100. The Kier molecular flexibility index (Phi) is 4.04. The van der Waals surface area contributed by atoms with E-state index < -0.39 is 0 Å². The third kappa shape index (κ3) is 2.35. The van der Waals surface area contributed by atoms with Crippen molar-refractivity contribution in [1.29, 1.82) is 0 Å². The number of methoxy groups -OCH3 is 2. The molecule has 1 aromatic heterocycles. The van der Waals surface area contributed by atoms with E-state index in [1.54, 1.807) is 14.2 Å². The molecule has 0 unspecified atom stereocenters. The molecule has 3 heterocycles. The maximum Gasteiger partial charge on any atom is 0.231 e. The van der Waals surface area contributed by atoms with Gasteiger partial charge in [0.2, 0.25) is 12.5 Å². The fourth-order valence-corrected chi connectivity index (χ4v) is 3.77. The van der Waals surface area contributed by atoms with Crippen LogP contribution in [-0.2, 0) is 13.0 Å². The minimum atomic E-state index is 0. The first-order chi connectivity index (χ1) is 12.3. The number of ether oxygens (including phenoxy) is 4. The molecule has 5 nitrogen and oxygen atoms in total. The fourth-order valence-electron chi connectivity index (χ4n) is 3.77. The number of benzene rings is 2. The molecule has 0 bridgehead atoms. The Hall–Kier alpha value is -2.66. The minimum absolute atomic E-state index is 0. The predicted molar refractivity (Wildman–Crippen MR) is 92.5 cm³/mol. The van der Waals surface area contributed by atoms with Gasteiger partial charge in [0.1, 0.15) is 0 Å². The highest BCUT2D eigenvalue weighted by atomic mass is 35.5. The zero-order valence-electron chi connectivity index (χ0n) is 14.5. The molecule has 2 aromatic carbocycles. The summed E-state index contributed by atoms with van der Waals surface area (Å²) in [6, 6.07) is 10.4. The fraction of sp³-hybridized carbons (Fsp3) is 0.250. The Morgan fingerprint density at radius 3 is 2.58 bits per heavy atom. The highest BCUT2D eigenvalue weighted by Gasteiger charge is 2.28.